The highest BCUT2D eigenvalue weighted by molar-refractivity contribution is 7.90. The third-order valence-electron chi connectivity index (χ3n) is 3.03. The molecule has 0 aromatic carbocycles. The zero-order valence-electron chi connectivity index (χ0n) is 8.95. The van der Waals surface area contributed by atoms with Crippen molar-refractivity contribution in [3.8, 4) is 0 Å². The van der Waals surface area contributed by atoms with E-state index in [4.69, 9.17) is 5.73 Å². The highest BCUT2D eigenvalue weighted by atomic mass is 32.2. The average Bonchev–Trinajstić information content (AvgIpc) is 2.11. The van der Waals surface area contributed by atoms with Crippen LogP contribution in [-0.2, 0) is 14.8 Å². The van der Waals surface area contributed by atoms with Gasteiger partial charge in [0.2, 0.25) is 15.9 Å². The van der Waals surface area contributed by atoms with Crippen molar-refractivity contribution in [2.24, 2.45) is 11.1 Å². The van der Waals surface area contributed by atoms with Gasteiger partial charge < -0.3 is 5.73 Å². The van der Waals surface area contributed by atoms with E-state index in [9.17, 15) is 13.2 Å². The van der Waals surface area contributed by atoms with Crippen molar-refractivity contribution in [3.63, 3.8) is 0 Å². The molecule has 3 N–H and O–H groups in total. The molecule has 0 saturated heterocycles. The Morgan fingerprint density at radius 2 is 2.07 bits per heavy atom. The molecule has 1 saturated carbocycles. The Morgan fingerprint density at radius 3 is 2.40 bits per heavy atom. The zero-order chi connectivity index (χ0) is 11.5. The van der Waals surface area contributed by atoms with Crippen LogP contribution in [0.15, 0.2) is 0 Å². The van der Waals surface area contributed by atoms with E-state index >= 15 is 0 Å². The number of nitrogens with one attached hydrogen (secondary N) is 1. The summed E-state index contributed by atoms with van der Waals surface area (Å²) >= 11 is 0. The molecular weight excluding hydrogens is 216 g/mol. The predicted octanol–water partition coefficient (Wildman–Crippen LogP) is -0.0286. The molecule has 0 heterocycles. The molecule has 0 aliphatic heterocycles. The molecule has 6 heteroatoms. The minimum atomic E-state index is -3.42. The van der Waals surface area contributed by atoms with Gasteiger partial charge in [-0.05, 0) is 31.7 Å². The van der Waals surface area contributed by atoms with Crippen LogP contribution in [0.1, 0.15) is 32.6 Å². The van der Waals surface area contributed by atoms with Gasteiger partial charge in [0.05, 0.1) is 5.75 Å². The van der Waals surface area contributed by atoms with Crippen molar-refractivity contribution in [1.82, 2.24) is 4.72 Å². The van der Waals surface area contributed by atoms with Gasteiger partial charge in [0, 0.05) is 6.42 Å². The van der Waals surface area contributed by atoms with Crippen LogP contribution in [0.4, 0.5) is 0 Å². The number of hydrogen-bond acceptors (Lipinski definition) is 4. The number of rotatable bonds is 5. The molecule has 0 unspecified atom stereocenters. The number of hydrogen-bond donors (Lipinski definition) is 2. The first kappa shape index (κ1) is 12.4. The van der Waals surface area contributed by atoms with E-state index in [1.165, 1.54) is 6.92 Å². The Bertz CT molecular complexity index is 328. The summed E-state index contributed by atoms with van der Waals surface area (Å²) in [5.41, 5.74) is 5.44. The molecule has 0 bridgehead atoms. The van der Waals surface area contributed by atoms with Gasteiger partial charge in [-0.3, -0.25) is 9.52 Å². The Hall–Kier alpha value is -0.620. The first-order valence-electron chi connectivity index (χ1n) is 5.16. The molecule has 0 spiro atoms. The van der Waals surface area contributed by atoms with Crippen LogP contribution in [0.2, 0.25) is 0 Å². The summed E-state index contributed by atoms with van der Waals surface area (Å²) in [5, 5.41) is 0. The van der Waals surface area contributed by atoms with Gasteiger partial charge in [0.25, 0.3) is 0 Å². The van der Waals surface area contributed by atoms with Crippen molar-refractivity contribution in [3.05, 3.63) is 0 Å². The highest BCUT2D eigenvalue weighted by Gasteiger charge is 2.38. The van der Waals surface area contributed by atoms with Crippen molar-refractivity contribution in [1.29, 1.82) is 0 Å². The van der Waals surface area contributed by atoms with E-state index in [1.807, 2.05) is 4.72 Å². The minimum absolute atomic E-state index is 0.0750. The molecule has 1 aliphatic rings. The standard InChI is InChI=1S/C9H18N2O3S/c1-2-15(13,14)11-8(12)6-9(7-10)4-3-5-9/h2-7,10H2,1H3,(H,11,12). The third-order valence-corrected chi connectivity index (χ3v) is 4.33. The summed E-state index contributed by atoms with van der Waals surface area (Å²) in [6.45, 7) is 1.95. The fourth-order valence-corrected chi connectivity index (χ4v) is 2.32. The maximum Gasteiger partial charge on any atom is 0.234 e. The van der Waals surface area contributed by atoms with Gasteiger partial charge >= 0.3 is 0 Å². The molecule has 88 valence electrons. The highest BCUT2D eigenvalue weighted by Crippen LogP contribution is 2.42. The van der Waals surface area contributed by atoms with Crippen LogP contribution in [-0.4, -0.2) is 26.6 Å². The second kappa shape index (κ2) is 4.49. The molecule has 0 radical (unpaired) electrons. The SMILES string of the molecule is CCS(=O)(=O)NC(=O)CC1(CN)CCC1. The molecular formula is C9H18N2O3S. The summed E-state index contributed by atoms with van der Waals surface area (Å²) in [6.07, 6.45) is 3.14. The molecule has 1 aliphatic carbocycles. The number of carbonyl (C=O) groups excluding carboxylic acids is 1. The van der Waals surface area contributed by atoms with Gasteiger partial charge in [0.15, 0.2) is 0 Å². The minimum Gasteiger partial charge on any atom is -0.330 e. The number of nitrogens with two attached hydrogens (primary N) is 1. The molecule has 0 aromatic heterocycles. The molecule has 1 amide bonds. The van der Waals surface area contributed by atoms with Gasteiger partial charge in [-0.15, -0.1) is 0 Å². The number of sulfonamides is 1. The zero-order valence-corrected chi connectivity index (χ0v) is 9.77. The summed E-state index contributed by atoms with van der Waals surface area (Å²) in [6, 6.07) is 0. The lowest BCUT2D eigenvalue weighted by Gasteiger charge is -2.40. The summed E-state index contributed by atoms with van der Waals surface area (Å²) < 4.78 is 24.3. The topological polar surface area (TPSA) is 89.3 Å². The summed E-state index contributed by atoms with van der Waals surface area (Å²) in [4.78, 5) is 11.4. The summed E-state index contributed by atoms with van der Waals surface area (Å²) in [7, 11) is -3.42. The Morgan fingerprint density at radius 1 is 1.47 bits per heavy atom. The maximum atomic E-state index is 11.4. The first-order valence-corrected chi connectivity index (χ1v) is 6.82. The molecule has 1 rings (SSSR count). The second-order valence-electron chi connectivity index (χ2n) is 4.16. The molecule has 1 fully saturated rings. The lowest BCUT2D eigenvalue weighted by atomic mass is 9.66. The van der Waals surface area contributed by atoms with Crippen molar-refractivity contribution in [2.75, 3.05) is 12.3 Å². The van der Waals surface area contributed by atoms with Crippen molar-refractivity contribution >= 4 is 15.9 Å². The molecule has 15 heavy (non-hydrogen) atoms. The van der Waals surface area contributed by atoms with Crippen molar-refractivity contribution in [2.45, 2.75) is 32.6 Å². The van der Waals surface area contributed by atoms with Crippen LogP contribution in [0, 0.1) is 5.41 Å². The van der Waals surface area contributed by atoms with Crippen LogP contribution < -0.4 is 10.5 Å². The monoisotopic (exact) mass is 234 g/mol. The van der Waals surface area contributed by atoms with Crippen molar-refractivity contribution < 1.29 is 13.2 Å². The average molecular weight is 234 g/mol. The van der Waals surface area contributed by atoms with E-state index in [-0.39, 0.29) is 17.6 Å². The van der Waals surface area contributed by atoms with E-state index in [2.05, 4.69) is 0 Å². The van der Waals surface area contributed by atoms with E-state index in [0.29, 0.717) is 6.54 Å². The van der Waals surface area contributed by atoms with Crippen LogP contribution in [0.25, 0.3) is 0 Å². The van der Waals surface area contributed by atoms with Gasteiger partial charge in [-0.25, -0.2) is 8.42 Å². The first-order chi connectivity index (χ1) is 6.93. The molecule has 5 nitrogen and oxygen atoms in total. The van der Waals surface area contributed by atoms with Gasteiger partial charge in [0.1, 0.15) is 0 Å². The fourth-order valence-electron chi connectivity index (χ4n) is 1.75. The van der Waals surface area contributed by atoms with Crippen LogP contribution in [0.3, 0.4) is 0 Å². The third kappa shape index (κ3) is 3.17. The lowest BCUT2D eigenvalue weighted by Crippen LogP contribution is -2.43. The van der Waals surface area contributed by atoms with Gasteiger partial charge in [-0.2, -0.15) is 0 Å². The van der Waals surface area contributed by atoms with Crippen LogP contribution in [0.5, 0.6) is 0 Å². The lowest BCUT2D eigenvalue weighted by molar-refractivity contribution is -0.122. The molecule has 0 aromatic rings. The largest absolute Gasteiger partial charge is 0.330 e. The molecule has 0 atom stereocenters. The number of carbonyl (C=O) groups is 1. The number of amides is 1. The fraction of sp³-hybridized carbons (Fsp3) is 0.889. The Labute approximate surface area is 90.5 Å². The Balaban J connectivity index is 2.49. The Kier molecular flexibility index (Phi) is 3.72. The second-order valence-corrected chi connectivity index (χ2v) is 6.17. The van der Waals surface area contributed by atoms with E-state index < -0.39 is 15.9 Å². The quantitative estimate of drug-likeness (QED) is 0.699. The van der Waals surface area contributed by atoms with Crippen LogP contribution >= 0.6 is 0 Å². The van der Waals surface area contributed by atoms with Gasteiger partial charge in [-0.1, -0.05) is 6.42 Å². The summed E-state index contributed by atoms with van der Waals surface area (Å²) in [5.74, 6) is -0.504. The normalized spacial score (nSPS) is 19.3. The van der Waals surface area contributed by atoms with E-state index in [0.717, 1.165) is 19.3 Å². The smallest absolute Gasteiger partial charge is 0.234 e. The van der Waals surface area contributed by atoms with E-state index in [1.54, 1.807) is 0 Å². The maximum absolute atomic E-state index is 11.4. The predicted molar refractivity (Wildman–Crippen MR) is 57.6 cm³/mol.